The lowest BCUT2D eigenvalue weighted by molar-refractivity contribution is 0.238. The molecule has 1 aromatic heterocycles. The van der Waals surface area contributed by atoms with Crippen LogP contribution in [0.4, 0.5) is 0 Å². The van der Waals surface area contributed by atoms with E-state index in [-0.39, 0.29) is 5.56 Å². The van der Waals surface area contributed by atoms with Crippen LogP contribution >= 0.6 is 0 Å². The molecule has 0 fully saturated rings. The molecule has 0 aliphatic carbocycles. The minimum atomic E-state index is -4.44. The van der Waals surface area contributed by atoms with Crippen LogP contribution in [0.3, 0.4) is 0 Å². The van der Waals surface area contributed by atoms with Crippen LogP contribution in [-0.2, 0) is 17.2 Å². The lowest BCUT2D eigenvalue weighted by atomic mass is 10.4. The maximum atomic E-state index is 10.4. The maximum Gasteiger partial charge on any atom is 0.296 e. The van der Waals surface area contributed by atoms with E-state index in [1.807, 2.05) is 0 Å². The van der Waals surface area contributed by atoms with Crippen molar-refractivity contribution in [2.45, 2.75) is 5.44 Å². The van der Waals surface area contributed by atoms with E-state index in [1.165, 1.54) is 17.1 Å². The largest absolute Gasteiger partial charge is 0.371 e. The molecule has 1 rings (SSSR count). The van der Waals surface area contributed by atoms with Gasteiger partial charge in [0.15, 0.2) is 0 Å². The first-order chi connectivity index (χ1) is 5.41. The Morgan fingerprint density at radius 1 is 1.67 bits per heavy atom. The molecule has 0 aromatic carbocycles. The van der Waals surface area contributed by atoms with E-state index in [1.54, 1.807) is 7.05 Å². The van der Waals surface area contributed by atoms with Gasteiger partial charge in [-0.25, -0.2) is 0 Å². The van der Waals surface area contributed by atoms with Gasteiger partial charge in [-0.3, -0.25) is 9.23 Å². The first-order valence-electron chi connectivity index (χ1n) is 3.04. The van der Waals surface area contributed by atoms with Gasteiger partial charge in [-0.05, 0) is 0 Å². The molecular formula is C5H8N2O4S. The van der Waals surface area contributed by atoms with Crippen molar-refractivity contribution in [2.75, 3.05) is 0 Å². The number of aromatic nitrogens is 2. The van der Waals surface area contributed by atoms with Gasteiger partial charge in [0.05, 0.1) is 6.20 Å². The van der Waals surface area contributed by atoms with Crippen LogP contribution < -0.4 is 0 Å². The Balaban J connectivity index is 3.01. The third-order valence-electron chi connectivity index (χ3n) is 1.29. The van der Waals surface area contributed by atoms with E-state index in [4.69, 9.17) is 9.66 Å². The summed E-state index contributed by atoms with van der Waals surface area (Å²) >= 11 is 0. The Morgan fingerprint density at radius 3 is 2.58 bits per heavy atom. The van der Waals surface area contributed by atoms with Crippen molar-refractivity contribution >= 4 is 10.1 Å². The van der Waals surface area contributed by atoms with Crippen LogP contribution in [0.5, 0.6) is 0 Å². The number of aliphatic hydroxyl groups is 1. The van der Waals surface area contributed by atoms with E-state index in [9.17, 15) is 8.42 Å². The average Bonchev–Trinajstić information content (AvgIpc) is 2.32. The second-order valence-corrected chi connectivity index (χ2v) is 3.79. The summed E-state index contributed by atoms with van der Waals surface area (Å²) in [6.45, 7) is 0. The average molecular weight is 192 g/mol. The first kappa shape index (κ1) is 9.17. The minimum Gasteiger partial charge on any atom is -0.371 e. The molecule has 1 atom stereocenters. The van der Waals surface area contributed by atoms with Crippen molar-refractivity contribution < 1.29 is 18.1 Å². The number of rotatable bonds is 2. The topological polar surface area (TPSA) is 92.4 Å². The highest BCUT2D eigenvalue weighted by Gasteiger charge is 2.22. The van der Waals surface area contributed by atoms with Crippen molar-refractivity contribution in [3.63, 3.8) is 0 Å². The van der Waals surface area contributed by atoms with E-state index in [2.05, 4.69) is 5.10 Å². The smallest absolute Gasteiger partial charge is 0.296 e. The molecule has 0 saturated heterocycles. The lowest BCUT2D eigenvalue weighted by Crippen LogP contribution is -2.10. The summed E-state index contributed by atoms with van der Waals surface area (Å²) in [7, 11) is -2.87. The zero-order valence-electron chi connectivity index (χ0n) is 6.25. The van der Waals surface area contributed by atoms with Crippen molar-refractivity contribution in [1.29, 1.82) is 0 Å². The highest BCUT2D eigenvalue weighted by atomic mass is 32.2. The normalized spacial score (nSPS) is 14.6. The molecule has 1 heterocycles. The molecule has 0 radical (unpaired) electrons. The lowest BCUT2D eigenvalue weighted by Gasteiger charge is -2.02. The number of aryl methyl sites for hydroxylation is 1. The number of aliphatic hydroxyl groups excluding tert-OH is 1. The monoisotopic (exact) mass is 192 g/mol. The van der Waals surface area contributed by atoms with E-state index in [0.29, 0.717) is 0 Å². The SMILES string of the molecule is Cn1cc(C(O)S(=O)(=O)O)cn1. The van der Waals surface area contributed by atoms with Crippen molar-refractivity contribution in [3.05, 3.63) is 18.0 Å². The van der Waals surface area contributed by atoms with Crippen LogP contribution in [0.2, 0.25) is 0 Å². The third-order valence-corrected chi connectivity index (χ3v) is 2.13. The van der Waals surface area contributed by atoms with Gasteiger partial charge in [0.25, 0.3) is 10.1 Å². The summed E-state index contributed by atoms with van der Waals surface area (Å²) in [5.74, 6) is 0. The molecule has 68 valence electrons. The highest BCUT2D eigenvalue weighted by Crippen LogP contribution is 2.16. The zero-order chi connectivity index (χ0) is 9.35. The van der Waals surface area contributed by atoms with Gasteiger partial charge >= 0.3 is 0 Å². The summed E-state index contributed by atoms with van der Waals surface area (Å²) in [6, 6.07) is 0. The van der Waals surface area contributed by atoms with Gasteiger partial charge in [0, 0.05) is 18.8 Å². The Kier molecular flexibility index (Phi) is 2.18. The van der Waals surface area contributed by atoms with Crippen molar-refractivity contribution in [3.8, 4) is 0 Å². The Labute approximate surface area is 69.2 Å². The highest BCUT2D eigenvalue weighted by molar-refractivity contribution is 7.85. The molecule has 7 heteroatoms. The fraction of sp³-hybridized carbons (Fsp3) is 0.400. The summed E-state index contributed by atoms with van der Waals surface area (Å²) in [5.41, 5.74) is -1.87. The van der Waals surface area contributed by atoms with Gasteiger partial charge in [0.2, 0.25) is 5.44 Å². The molecule has 0 saturated carbocycles. The molecule has 1 unspecified atom stereocenters. The van der Waals surface area contributed by atoms with Crippen molar-refractivity contribution in [1.82, 2.24) is 9.78 Å². The molecule has 0 amide bonds. The second-order valence-electron chi connectivity index (χ2n) is 2.31. The molecule has 0 bridgehead atoms. The summed E-state index contributed by atoms with van der Waals surface area (Å²) in [4.78, 5) is 0. The molecule has 1 aromatic rings. The minimum absolute atomic E-state index is 0.0417. The van der Waals surface area contributed by atoms with E-state index < -0.39 is 15.6 Å². The number of hydrogen-bond acceptors (Lipinski definition) is 4. The fourth-order valence-corrected chi connectivity index (χ4v) is 1.21. The van der Waals surface area contributed by atoms with Crippen LogP contribution in [0.1, 0.15) is 11.0 Å². The van der Waals surface area contributed by atoms with E-state index >= 15 is 0 Å². The molecule has 2 N–H and O–H groups in total. The summed E-state index contributed by atoms with van der Waals surface area (Å²) in [5, 5.41) is 12.6. The second kappa shape index (κ2) is 2.85. The Hall–Kier alpha value is -0.920. The molecule has 6 nitrogen and oxygen atoms in total. The number of nitrogens with zero attached hydrogens (tertiary/aromatic N) is 2. The third kappa shape index (κ3) is 1.81. The molecule has 0 aliphatic rings. The van der Waals surface area contributed by atoms with Gasteiger partial charge in [0.1, 0.15) is 0 Å². The Morgan fingerprint density at radius 2 is 2.25 bits per heavy atom. The van der Waals surface area contributed by atoms with Crippen LogP contribution in [-0.4, -0.2) is 27.9 Å². The molecular weight excluding hydrogens is 184 g/mol. The summed E-state index contributed by atoms with van der Waals surface area (Å²) in [6.07, 6.45) is 2.47. The van der Waals surface area contributed by atoms with Gasteiger partial charge in [-0.15, -0.1) is 0 Å². The molecule has 12 heavy (non-hydrogen) atoms. The van der Waals surface area contributed by atoms with Gasteiger partial charge in [-0.1, -0.05) is 0 Å². The van der Waals surface area contributed by atoms with Crippen LogP contribution in [0, 0.1) is 0 Å². The predicted molar refractivity (Wildman–Crippen MR) is 39.7 cm³/mol. The molecule has 0 aliphatic heterocycles. The van der Waals surface area contributed by atoms with Crippen molar-refractivity contribution in [2.24, 2.45) is 7.05 Å². The quantitative estimate of drug-likeness (QED) is 0.604. The standard InChI is InChI=1S/C5H8N2O4S/c1-7-3-4(2-6-7)5(8)12(9,10)11/h2-3,5,8H,1H3,(H,9,10,11). The number of hydrogen-bond donors (Lipinski definition) is 2. The van der Waals surface area contributed by atoms with E-state index in [0.717, 1.165) is 0 Å². The maximum absolute atomic E-state index is 10.4. The summed E-state index contributed by atoms with van der Waals surface area (Å²) < 4.78 is 30.6. The predicted octanol–water partition coefficient (Wildman–Crippen LogP) is -0.701. The van der Waals surface area contributed by atoms with Gasteiger partial charge in [-0.2, -0.15) is 13.5 Å². The van der Waals surface area contributed by atoms with Crippen LogP contribution in [0.25, 0.3) is 0 Å². The molecule has 0 spiro atoms. The fourth-order valence-electron chi connectivity index (χ4n) is 0.740. The zero-order valence-corrected chi connectivity index (χ0v) is 7.06. The van der Waals surface area contributed by atoms with Crippen LogP contribution in [0.15, 0.2) is 12.4 Å². The van der Waals surface area contributed by atoms with Gasteiger partial charge < -0.3 is 5.11 Å². The Bertz CT molecular complexity index is 369. The first-order valence-corrected chi connectivity index (χ1v) is 4.54.